The lowest BCUT2D eigenvalue weighted by Gasteiger charge is -2.05. The van der Waals surface area contributed by atoms with Crippen molar-refractivity contribution in [2.45, 2.75) is 23.5 Å². The second-order valence-corrected chi connectivity index (χ2v) is 4.97. The Morgan fingerprint density at radius 1 is 1.20 bits per heavy atom. The summed E-state index contributed by atoms with van der Waals surface area (Å²) in [6.45, 7) is 2.91. The Hall–Kier alpha value is -2.22. The van der Waals surface area contributed by atoms with E-state index in [-0.39, 0.29) is 0 Å². The van der Waals surface area contributed by atoms with E-state index in [0.29, 0.717) is 16.8 Å². The number of hydrogen-bond acceptors (Lipinski definition) is 7. The van der Waals surface area contributed by atoms with Crippen LogP contribution >= 0.6 is 11.8 Å². The Bertz CT molecular complexity index is 697. The van der Waals surface area contributed by atoms with Crippen molar-refractivity contribution in [1.29, 1.82) is 0 Å². The van der Waals surface area contributed by atoms with Crippen molar-refractivity contribution >= 4 is 28.9 Å². The van der Waals surface area contributed by atoms with Crippen LogP contribution in [-0.2, 0) is 0 Å². The van der Waals surface area contributed by atoms with Gasteiger partial charge in [-0.25, -0.2) is 19.9 Å². The van der Waals surface area contributed by atoms with Crippen LogP contribution < -0.4 is 5.32 Å². The zero-order valence-electron chi connectivity index (χ0n) is 10.9. The largest absolute Gasteiger partial charge is 0.354 e. The van der Waals surface area contributed by atoms with E-state index in [1.54, 1.807) is 24.8 Å². The zero-order valence-corrected chi connectivity index (χ0v) is 11.7. The quantitative estimate of drug-likeness (QED) is 0.548. The van der Waals surface area contributed by atoms with E-state index in [1.807, 2.05) is 0 Å². The van der Waals surface area contributed by atoms with Crippen LogP contribution in [0.25, 0.3) is 11.2 Å². The van der Waals surface area contributed by atoms with Gasteiger partial charge in [0.2, 0.25) is 5.95 Å². The molecule has 20 heavy (non-hydrogen) atoms. The van der Waals surface area contributed by atoms with Crippen molar-refractivity contribution < 1.29 is 0 Å². The number of aromatic nitrogens is 6. The molecule has 0 radical (unpaired) electrons. The maximum atomic E-state index is 4.50. The molecular weight excluding hydrogens is 274 g/mol. The van der Waals surface area contributed by atoms with Crippen molar-refractivity contribution in [2.75, 3.05) is 11.9 Å². The van der Waals surface area contributed by atoms with Crippen molar-refractivity contribution in [3.8, 4) is 0 Å². The van der Waals surface area contributed by atoms with Crippen molar-refractivity contribution in [1.82, 2.24) is 29.9 Å². The van der Waals surface area contributed by atoms with Gasteiger partial charge in [0.1, 0.15) is 10.5 Å². The Labute approximate surface area is 119 Å². The molecule has 3 aromatic rings. The summed E-state index contributed by atoms with van der Waals surface area (Å²) in [5.41, 5.74) is 1.43. The summed E-state index contributed by atoms with van der Waals surface area (Å²) in [4.78, 5) is 24.5. The fourth-order valence-corrected chi connectivity index (χ4v) is 2.41. The Morgan fingerprint density at radius 2 is 2.05 bits per heavy atom. The van der Waals surface area contributed by atoms with Crippen LogP contribution in [0.15, 0.2) is 35.0 Å². The monoisotopic (exact) mass is 287 g/mol. The molecule has 102 valence electrons. The van der Waals surface area contributed by atoms with Crippen molar-refractivity contribution in [2.24, 2.45) is 0 Å². The lowest BCUT2D eigenvalue weighted by atomic mass is 10.5. The standard InChI is InChI=1S/C12H13N7S/c1-2-4-13-11-18-9-8(16-7-17-9)10(19-11)20-12-14-5-3-6-15-12/h3,5-7H,2,4H2,1H3,(H2,13,16,17,18,19). The number of nitrogens with one attached hydrogen (secondary N) is 2. The molecule has 0 aliphatic heterocycles. The molecule has 0 unspecified atom stereocenters. The molecule has 0 saturated heterocycles. The van der Waals surface area contributed by atoms with Crippen molar-refractivity contribution in [3.63, 3.8) is 0 Å². The minimum absolute atomic E-state index is 0.574. The maximum Gasteiger partial charge on any atom is 0.225 e. The first-order chi connectivity index (χ1) is 9.86. The molecule has 0 aliphatic rings. The zero-order chi connectivity index (χ0) is 13.8. The minimum Gasteiger partial charge on any atom is -0.354 e. The number of hydrogen-bond donors (Lipinski definition) is 2. The molecule has 0 spiro atoms. The van der Waals surface area contributed by atoms with Gasteiger partial charge >= 0.3 is 0 Å². The van der Waals surface area contributed by atoms with E-state index in [0.717, 1.165) is 23.5 Å². The summed E-state index contributed by atoms with van der Waals surface area (Å²) in [5, 5.41) is 4.58. The van der Waals surface area contributed by atoms with E-state index in [9.17, 15) is 0 Å². The molecule has 0 amide bonds. The van der Waals surface area contributed by atoms with E-state index in [4.69, 9.17) is 0 Å². The molecular formula is C12H13N7S. The Morgan fingerprint density at radius 3 is 2.85 bits per heavy atom. The van der Waals surface area contributed by atoms with Gasteiger partial charge in [0.25, 0.3) is 0 Å². The maximum absolute atomic E-state index is 4.50. The highest BCUT2D eigenvalue weighted by Crippen LogP contribution is 2.28. The Kier molecular flexibility index (Phi) is 3.73. The number of aromatic amines is 1. The van der Waals surface area contributed by atoms with Gasteiger partial charge in [-0.1, -0.05) is 6.92 Å². The molecule has 3 rings (SSSR count). The lowest BCUT2D eigenvalue weighted by Crippen LogP contribution is -2.05. The fourth-order valence-electron chi connectivity index (χ4n) is 1.62. The molecule has 0 aliphatic carbocycles. The molecule has 0 aromatic carbocycles. The van der Waals surface area contributed by atoms with Gasteiger partial charge in [-0.2, -0.15) is 4.98 Å². The topological polar surface area (TPSA) is 92.3 Å². The van der Waals surface area contributed by atoms with Gasteiger partial charge in [-0.3, -0.25) is 0 Å². The van der Waals surface area contributed by atoms with E-state index in [2.05, 4.69) is 42.1 Å². The summed E-state index contributed by atoms with van der Waals surface area (Å²) in [5.74, 6) is 0.574. The first kappa shape index (κ1) is 12.8. The highest BCUT2D eigenvalue weighted by Gasteiger charge is 2.12. The summed E-state index contributed by atoms with van der Waals surface area (Å²) in [7, 11) is 0. The number of rotatable bonds is 5. The fraction of sp³-hybridized carbons (Fsp3) is 0.250. The first-order valence-electron chi connectivity index (χ1n) is 6.26. The number of nitrogens with zero attached hydrogens (tertiary/aromatic N) is 5. The third-order valence-electron chi connectivity index (χ3n) is 2.52. The summed E-state index contributed by atoms with van der Waals surface area (Å²) in [6, 6.07) is 1.78. The van der Waals surface area contributed by atoms with Crippen LogP contribution in [0.2, 0.25) is 0 Å². The summed E-state index contributed by atoms with van der Waals surface area (Å²) < 4.78 is 0. The van der Waals surface area contributed by atoms with Crippen LogP contribution in [0.5, 0.6) is 0 Å². The van der Waals surface area contributed by atoms with Crippen LogP contribution in [-0.4, -0.2) is 36.4 Å². The third kappa shape index (κ3) is 2.69. The summed E-state index contributed by atoms with van der Waals surface area (Å²) >= 11 is 1.38. The molecule has 7 nitrogen and oxygen atoms in total. The van der Waals surface area contributed by atoms with Gasteiger partial charge in [0, 0.05) is 18.9 Å². The first-order valence-corrected chi connectivity index (χ1v) is 7.08. The lowest BCUT2D eigenvalue weighted by molar-refractivity contribution is 0.936. The Balaban J connectivity index is 1.97. The van der Waals surface area contributed by atoms with Gasteiger partial charge in [-0.15, -0.1) is 0 Å². The smallest absolute Gasteiger partial charge is 0.225 e. The number of anilines is 1. The average Bonchev–Trinajstić information content (AvgIpc) is 2.95. The third-order valence-corrected chi connectivity index (χ3v) is 3.40. The van der Waals surface area contributed by atoms with Gasteiger partial charge < -0.3 is 10.3 Å². The van der Waals surface area contributed by atoms with E-state index in [1.165, 1.54) is 11.8 Å². The molecule has 0 bridgehead atoms. The normalized spacial score (nSPS) is 10.8. The van der Waals surface area contributed by atoms with Crippen LogP contribution in [0, 0.1) is 0 Å². The molecule has 3 aromatic heterocycles. The highest BCUT2D eigenvalue weighted by atomic mass is 32.2. The van der Waals surface area contributed by atoms with E-state index < -0.39 is 0 Å². The number of H-pyrrole nitrogens is 1. The van der Waals surface area contributed by atoms with Crippen LogP contribution in [0.4, 0.5) is 5.95 Å². The SMILES string of the molecule is CCCNc1nc(Sc2ncccn2)c2[nH]cnc2n1. The van der Waals surface area contributed by atoms with Crippen LogP contribution in [0.3, 0.4) is 0 Å². The van der Waals surface area contributed by atoms with Crippen LogP contribution in [0.1, 0.15) is 13.3 Å². The van der Waals surface area contributed by atoms with E-state index >= 15 is 0 Å². The molecule has 0 saturated carbocycles. The predicted molar refractivity (Wildman–Crippen MR) is 76.6 cm³/mol. The molecule has 0 atom stereocenters. The predicted octanol–water partition coefficient (Wildman–Crippen LogP) is 2.12. The minimum atomic E-state index is 0.574. The van der Waals surface area contributed by atoms with Crippen molar-refractivity contribution in [3.05, 3.63) is 24.8 Å². The number of fused-ring (bicyclic) bond motifs is 1. The summed E-state index contributed by atoms with van der Waals surface area (Å²) in [6.07, 6.45) is 6.03. The molecule has 2 N–H and O–H groups in total. The second-order valence-electron chi connectivity index (χ2n) is 4.01. The second kappa shape index (κ2) is 5.83. The molecule has 0 fully saturated rings. The molecule has 3 heterocycles. The highest BCUT2D eigenvalue weighted by molar-refractivity contribution is 7.99. The van der Waals surface area contributed by atoms with Gasteiger partial charge in [-0.05, 0) is 24.2 Å². The van der Waals surface area contributed by atoms with Gasteiger partial charge in [0.05, 0.1) is 6.33 Å². The molecule has 8 heteroatoms. The van der Waals surface area contributed by atoms with Gasteiger partial charge in [0.15, 0.2) is 10.8 Å². The average molecular weight is 287 g/mol. The number of imidazole rings is 1.